The summed E-state index contributed by atoms with van der Waals surface area (Å²) in [5.74, 6) is -1.57. The van der Waals surface area contributed by atoms with Crippen LogP contribution in [0.3, 0.4) is 0 Å². The molecule has 1 fully saturated rings. The van der Waals surface area contributed by atoms with Crippen molar-refractivity contribution in [3.63, 3.8) is 0 Å². The van der Waals surface area contributed by atoms with Gasteiger partial charge >= 0.3 is 6.18 Å². The van der Waals surface area contributed by atoms with Gasteiger partial charge in [-0.25, -0.2) is 4.98 Å². The third kappa shape index (κ3) is 13.9. The molecule has 1 aliphatic heterocycles. The number of aryl methyl sites for hydroxylation is 3. The Hall–Kier alpha value is -6.02. The first-order chi connectivity index (χ1) is 33.2. The number of carbonyl (C=O) groups is 4. The molecule has 3 aromatic carbocycles. The normalized spacial score (nSPS) is 14.4. The molecule has 1 saturated heterocycles. The van der Waals surface area contributed by atoms with E-state index in [2.05, 4.69) is 26.0 Å². The molecular formula is C50H59ClF3N7O8S. The van der Waals surface area contributed by atoms with Crippen LogP contribution in [0, 0.1) is 19.3 Å². The van der Waals surface area contributed by atoms with Crippen LogP contribution in [0.4, 0.5) is 13.2 Å². The summed E-state index contributed by atoms with van der Waals surface area (Å²) in [4.78, 5) is 59.7. The molecule has 3 heterocycles. The number of hydrogen-bond acceptors (Lipinski definition) is 11. The SMILES string of the molecule is Cc1cc(-c2ccc(OCCCOCCC(=O)NCCOCC(=O)NC(C(=O)N3CCCC3C(=O)NCc3ccc(-c4scnc4C)cc3)C(C)(C)C)c(-c3ccc(Cl)c(C(F)(F)F)c3)c2O)n(C)n1. The highest BCUT2D eigenvalue weighted by Crippen LogP contribution is 2.46. The first-order valence-corrected chi connectivity index (χ1v) is 24.1. The summed E-state index contributed by atoms with van der Waals surface area (Å²) in [6.45, 7) is 10.1. The van der Waals surface area contributed by atoms with Crippen LogP contribution >= 0.6 is 22.9 Å². The smallest absolute Gasteiger partial charge is 0.417 e. The largest absolute Gasteiger partial charge is 0.506 e. The van der Waals surface area contributed by atoms with Crippen LogP contribution in [0.5, 0.6) is 11.5 Å². The van der Waals surface area contributed by atoms with Gasteiger partial charge in [0.2, 0.25) is 23.6 Å². The molecule has 5 aromatic rings. The summed E-state index contributed by atoms with van der Waals surface area (Å²) in [6.07, 6.45) is -3.18. The maximum absolute atomic E-state index is 13.9. The molecule has 2 aromatic heterocycles. The number of nitrogens with one attached hydrogen (secondary N) is 3. The fourth-order valence-electron chi connectivity index (χ4n) is 8.05. The minimum Gasteiger partial charge on any atom is -0.506 e. The van der Waals surface area contributed by atoms with E-state index in [1.807, 2.05) is 57.5 Å². The molecule has 0 saturated carbocycles. The summed E-state index contributed by atoms with van der Waals surface area (Å²) in [7, 11) is 1.69. The number of likely N-dealkylation sites (tertiary alicyclic amines) is 1. The molecule has 376 valence electrons. The Kier molecular flexibility index (Phi) is 18.1. The molecule has 4 N–H and O–H groups in total. The maximum atomic E-state index is 13.9. The zero-order valence-corrected chi connectivity index (χ0v) is 41.6. The van der Waals surface area contributed by atoms with Crippen molar-refractivity contribution in [3.8, 4) is 44.3 Å². The van der Waals surface area contributed by atoms with E-state index in [-0.39, 0.29) is 86.3 Å². The van der Waals surface area contributed by atoms with Crippen molar-refractivity contribution < 1.29 is 51.7 Å². The van der Waals surface area contributed by atoms with Crippen molar-refractivity contribution in [1.29, 1.82) is 0 Å². The molecule has 0 radical (unpaired) electrons. The second kappa shape index (κ2) is 23.7. The Labute approximate surface area is 414 Å². The maximum Gasteiger partial charge on any atom is 0.417 e. The Bertz CT molecular complexity index is 2630. The highest BCUT2D eigenvalue weighted by molar-refractivity contribution is 7.13. The van der Waals surface area contributed by atoms with Gasteiger partial charge in [0.15, 0.2) is 0 Å². The first kappa shape index (κ1) is 53.3. The van der Waals surface area contributed by atoms with E-state index >= 15 is 0 Å². The van der Waals surface area contributed by atoms with Gasteiger partial charge in [-0.3, -0.25) is 23.9 Å². The number of alkyl halides is 3. The van der Waals surface area contributed by atoms with E-state index in [0.717, 1.165) is 33.8 Å². The van der Waals surface area contributed by atoms with Crippen molar-refractivity contribution in [3.05, 3.63) is 93.7 Å². The summed E-state index contributed by atoms with van der Waals surface area (Å²) in [5, 5.41) is 23.8. The molecule has 1 aliphatic rings. The molecule has 4 amide bonds. The fraction of sp³-hybridized carbons (Fsp3) is 0.440. The number of rotatable bonds is 21. The Morgan fingerprint density at radius 3 is 2.34 bits per heavy atom. The van der Waals surface area contributed by atoms with Crippen LogP contribution in [-0.2, 0) is 48.4 Å². The van der Waals surface area contributed by atoms with Gasteiger partial charge in [-0.05, 0) is 79.1 Å². The number of ether oxygens (including phenoxy) is 3. The number of phenolic OH excluding ortho intramolecular Hbond substituents is 1. The predicted octanol–water partition coefficient (Wildman–Crippen LogP) is 8.02. The van der Waals surface area contributed by atoms with Crippen LogP contribution in [0.1, 0.15) is 69.0 Å². The van der Waals surface area contributed by atoms with Gasteiger partial charge in [-0.2, -0.15) is 18.3 Å². The molecule has 15 nitrogen and oxygen atoms in total. The summed E-state index contributed by atoms with van der Waals surface area (Å²) in [5.41, 5.74) is 4.70. The number of hydrogen-bond donors (Lipinski definition) is 4. The minimum absolute atomic E-state index is 0.0290. The highest BCUT2D eigenvalue weighted by Gasteiger charge is 2.42. The van der Waals surface area contributed by atoms with E-state index in [9.17, 15) is 37.5 Å². The Morgan fingerprint density at radius 1 is 0.929 bits per heavy atom. The number of aromatic nitrogens is 3. The average molecular weight is 1010 g/mol. The number of carbonyl (C=O) groups excluding carboxylic acids is 4. The molecule has 20 heteroatoms. The van der Waals surface area contributed by atoms with Crippen LogP contribution in [-0.4, -0.2) is 107 Å². The second-order valence-corrected chi connectivity index (χ2v) is 19.3. The first-order valence-electron chi connectivity index (χ1n) is 22.9. The molecule has 2 unspecified atom stereocenters. The monoisotopic (exact) mass is 1010 g/mol. The minimum atomic E-state index is -4.73. The lowest BCUT2D eigenvalue weighted by Gasteiger charge is -2.35. The van der Waals surface area contributed by atoms with Crippen LogP contribution in [0.15, 0.2) is 66.2 Å². The lowest BCUT2D eigenvalue weighted by Crippen LogP contribution is -2.58. The van der Waals surface area contributed by atoms with Crippen molar-refractivity contribution in [1.82, 2.24) is 35.6 Å². The van der Waals surface area contributed by atoms with Crippen molar-refractivity contribution >= 4 is 46.6 Å². The third-order valence-corrected chi connectivity index (χ3v) is 12.9. The lowest BCUT2D eigenvalue weighted by atomic mass is 9.85. The summed E-state index contributed by atoms with van der Waals surface area (Å²) in [6, 6.07) is 14.6. The number of benzene rings is 3. The van der Waals surface area contributed by atoms with Gasteiger partial charge in [0.25, 0.3) is 0 Å². The number of nitrogens with zero attached hydrogens (tertiary/aromatic N) is 4. The summed E-state index contributed by atoms with van der Waals surface area (Å²) >= 11 is 7.47. The van der Waals surface area contributed by atoms with E-state index in [4.69, 9.17) is 25.8 Å². The molecule has 0 aliphatic carbocycles. The van der Waals surface area contributed by atoms with Gasteiger partial charge in [-0.15, -0.1) is 11.3 Å². The average Bonchev–Trinajstić information content (AvgIpc) is 4.06. The molecule has 6 rings (SSSR count). The molecule has 0 bridgehead atoms. The standard InChI is InChI=1S/C50H59ClF3N7O8S/c1-30-25-39(60(6)59-30)35-15-17-40(43(44(35)64)34-14-16-37(51)36(26-34)50(52,53)54)69-22-8-21-67-23-18-41(62)55-19-24-68-28-42(63)58-46(49(3,4)5)48(66)61-20-7-9-38(61)47(65)56-27-32-10-12-33(13-11-32)45-31(2)57-29-70-45/h10-17,25-26,29,38,46,64H,7-9,18-24,27-28H2,1-6H3,(H,55,62)(H,56,65)(H,58,63). The van der Waals surface area contributed by atoms with Crippen molar-refractivity contribution in [2.45, 2.75) is 85.1 Å². The number of aromatic hydroxyl groups is 1. The van der Waals surface area contributed by atoms with E-state index in [1.54, 1.807) is 53.1 Å². The zero-order chi connectivity index (χ0) is 50.8. The number of amides is 4. The van der Waals surface area contributed by atoms with Gasteiger partial charge < -0.3 is 40.2 Å². The van der Waals surface area contributed by atoms with E-state index in [1.165, 1.54) is 6.07 Å². The second-order valence-electron chi connectivity index (χ2n) is 18.0. The molecule has 0 spiro atoms. The van der Waals surface area contributed by atoms with Crippen molar-refractivity contribution in [2.75, 3.05) is 46.1 Å². The van der Waals surface area contributed by atoms with Crippen LogP contribution in [0.2, 0.25) is 5.02 Å². The highest BCUT2D eigenvalue weighted by atomic mass is 35.5. The number of phenols is 1. The summed E-state index contributed by atoms with van der Waals surface area (Å²) < 4.78 is 60.1. The van der Waals surface area contributed by atoms with Gasteiger partial charge in [0.1, 0.15) is 30.2 Å². The number of halogens is 4. The fourth-order valence-corrected chi connectivity index (χ4v) is 9.08. The van der Waals surface area contributed by atoms with Gasteiger partial charge in [0, 0.05) is 51.7 Å². The van der Waals surface area contributed by atoms with Crippen LogP contribution < -0.4 is 20.7 Å². The Morgan fingerprint density at radius 2 is 1.67 bits per heavy atom. The van der Waals surface area contributed by atoms with E-state index in [0.29, 0.717) is 49.3 Å². The quantitative estimate of drug-likeness (QED) is 0.0525. The van der Waals surface area contributed by atoms with Crippen LogP contribution in [0.25, 0.3) is 32.8 Å². The molecule has 2 atom stereocenters. The molecule has 70 heavy (non-hydrogen) atoms. The number of thiazole rings is 1. The van der Waals surface area contributed by atoms with Crippen molar-refractivity contribution in [2.24, 2.45) is 12.5 Å². The molecular weight excluding hydrogens is 951 g/mol. The third-order valence-electron chi connectivity index (χ3n) is 11.6. The Balaban J connectivity index is 0.891. The lowest BCUT2D eigenvalue weighted by molar-refractivity contribution is -0.144. The van der Waals surface area contributed by atoms with Gasteiger partial charge in [-0.1, -0.05) is 62.7 Å². The zero-order valence-electron chi connectivity index (χ0n) is 40.0. The van der Waals surface area contributed by atoms with Gasteiger partial charge in [0.05, 0.1) is 63.4 Å². The van der Waals surface area contributed by atoms with E-state index < -0.39 is 40.2 Å². The topological polar surface area (TPSA) is 186 Å². The predicted molar refractivity (Wildman–Crippen MR) is 260 cm³/mol.